The van der Waals surface area contributed by atoms with Crippen LogP contribution in [0.1, 0.15) is 0 Å². The molecule has 23 rings (SSSR count). The quantitative estimate of drug-likeness (QED) is 0.157. The van der Waals surface area contributed by atoms with Gasteiger partial charge in [0, 0.05) is 54.2 Å². The summed E-state index contributed by atoms with van der Waals surface area (Å²) < 4.78 is 5.40. The summed E-state index contributed by atoms with van der Waals surface area (Å²) in [5.74, 6) is 0. The third-order valence-electron chi connectivity index (χ3n) is 23.0. The van der Waals surface area contributed by atoms with E-state index in [1.54, 1.807) is 0 Å². The van der Waals surface area contributed by atoms with Crippen molar-refractivity contribution in [3.8, 4) is 156 Å². The summed E-state index contributed by atoms with van der Waals surface area (Å²) >= 11 is 0. The minimum absolute atomic E-state index is 1.17. The van der Waals surface area contributed by atoms with Gasteiger partial charge in [-0.3, -0.25) is 0 Å². The molecule has 0 N–H and O–H groups in total. The summed E-state index contributed by atoms with van der Waals surface area (Å²) in [6.45, 7) is 0. The lowest BCUT2D eigenvalue weighted by Gasteiger charge is -2.24. The minimum atomic E-state index is 1.17. The average Bonchev–Trinajstić information content (AvgIpc) is 1.52. The number of aromatic nitrogens is 2. The molecule has 0 saturated heterocycles. The number of nitrogens with zero attached hydrogens (tertiary/aromatic N) is 2. The maximum Gasteiger partial charge on any atom is 0.0789 e. The number of benzene rings is 17. The van der Waals surface area contributed by atoms with Gasteiger partial charge in [0.15, 0.2) is 0 Å². The standard InChI is InChI=1S/C102H60N2/c1-5-25-61(26-6-1)65-51-66(62-27-7-2-8-28-62)54-69(53-65)71-57-89-87-45-46-88-90-58-72(70-55-67(63-29-9-3-10-30-63)52-68(56-70)64-31-11-4-12-32-64)60-92-98-94(50-48-86-82-42-20-18-38-78(82)74-34-14-16-36-76(74)80-40-22-24-44-84(80)96(86)98)104(100(90)92)102(88)101(87)103-93-49-47-85-81-41-19-17-37-77(81)73-33-13-15-35-75(73)79-39-21-23-43-83(79)95(85)97(93)91(59-71)99(89)103/h1-60H. The van der Waals surface area contributed by atoms with Crippen LogP contribution >= 0.6 is 0 Å². The third-order valence-corrected chi connectivity index (χ3v) is 23.0. The molecule has 0 spiro atoms. The van der Waals surface area contributed by atoms with Crippen LogP contribution in [0, 0.1) is 0 Å². The van der Waals surface area contributed by atoms with Crippen molar-refractivity contribution in [2.45, 2.75) is 0 Å². The fourth-order valence-electron chi connectivity index (χ4n) is 18.6. The van der Waals surface area contributed by atoms with Gasteiger partial charge in [0.1, 0.15) is 0 Å². The Balaban J connectivity index is 0.908. The first-order valence-corrected chi connectivity index (χ1v) is 36.2. The molecule has 0 fully saturated rings. The molecule has 4 heterocycles. The molecule has 0 saturated carbocycles. The molecule has 478 valence electrons. The molecule has 0 radical (unpaired) electrons. The van der Waals surface area contributed by atoms with Crippen LogP contribution in [0.15, 0.2) is 364 Å². The molecular weight excluding hydrogens is 1250 g/mol. The van der Waals surface area contributed by atoms with Crippen LogP contribution in [0.25, 0.3) is 232 Å². The van der Waals surface area contributed by atoms with E-state index < -0.39 is 0 Å². The minimum Gasteiger partial charge on any atom is -0.306 e. The Morgan fingerprint density at radius 1 is 0.135 bits per heavy atom. The van der Waals surface area contributed by atoms with Gasteiger partial charge in [-0.2, -0.15) is 0 Å². The first-order valence-electron chi connectivity index (χ1n) is 36.2. The van der Waals surface area contributed by atoms with Gasteiger partial charge >= 0.3 is 0 Å². The van der Waals surface area contributed by atoms with Gasteiger partial charge < -0.3 is 8.80 Å². The smallest absolute Gasteiger partial charge is 0.0789 e. The van der Waals surface area contributed by atoms with Gasteiger partial charge in [-0.05, 0) is 217 Å². The molecule has 0 amide bonds. The highest BCUT2D eigenvalue weighted by atomic mass is 15.0. The van der Waals surface area contributed by atoms with Crippen molar-refractivity contribution in [1.29, 1.82) is 0 Å². The van der Waals surface area contributed by atoms with Crippen molar-refractivity contribution >= 4 is 76.2 Å². The molecule has 0 aliphatic heterocycles. The second-order valence-electron chi connectivity index (χ2n) is 28.5. The molecule has 2 aliphatic rings. The monoisotopic (exact) mass is 1310 g/mol. The van der Waals surface area contributed by atoms with Crippen LogP contribution < -0.4 is 0 Å². The lowest BCUT2D eigenvalue weighted by atomic mass is 9.79. The van der Waals surface area contributed by atoms with Crippen molar-refractivity contribution in [2.24, 2.45) is 0 Å². The highest BCUT2D eigenvalue weighted by Crippen LogP contribution is 2.58. The van der Waals surface area contributed by atoms with Crippen molar-refractivity contribution in [2.75, 3.05) is 0 Å². The number of fused-ring (bicyclic) bond motifs is 31. The van der Waals surface area contributed by atoms with Gasteiger partial charge in [-0.25, -0.2) is 0 Å². The van der Waals surface area contributed by atoms with Crippen LogP contribution in [0.4, 0.5) is 0 Å². The normalized spacial score (nSPS) is 12.2. The molecule has 4 aromatic heterocycles. The van der Waals surface area contributed by atoms with Crippen LogP contribution in [-0.2, 0) is 0 Å². The van der Waals surface area contributed by atoms with E-state index in [2.05, 4.69) is 373 Å². The topological polar surface area (TPSA) is 8.82 Å². The van der Waals surface area contributed by atoms with Crippen LogP contribution in [0.3, 0.4) is 0 Å². The van der Waals surface area contributed by atoms with Crippen molar-refractivity contribution in [1.82, 2.24) is 8.80 Å². The van der Waals surface area contributed by atoms with E-state index in [0.29, 0.717) is 0 Å². The van der Waals surface area contributed by atoms with E-state index in [-0.39, 0.29) is 0 Å². The molecule has 104 heavy (non-hydrogen) atoms. The van der Waals surface area contributed by atoms with E-state index >= 15 is 0 Å². The zero-order valence-electron chi connectivity index (χ0n) is 56.5. The predicted molar refractivity (Wildman–Crippen MR) is 439 cm³/mol. The lowest BCUT2D eigenvalue weighted by Crippen LogP contribution is -1.98. The maximum absolute atomic E-state index is 2.70. The van der Waals surface area contributed by atoms with E-state index in [4.69, 9.17) is 0 Å². The van der Waals surface area contributed by atoms with E-state index in [0.717, 1.165) is 0 Å². The fourth-order valence-corrected chi connectivity index (χ4v) is 18.6. The van der Waals surface area contributed by atoms with Crippen molar-refractivity contribution < 1.29 is 0 Å². The Labute approximate surface area is 600 Å². The van der Waals surface area contributed by atoms with E-state index in [1.807, 2.05) is 0 Å². The molecule has 2 nitrogen and oxygen atoms in total. The summed E-state index contributed by atoms with van der Waals surface area (Å²) in [5, 5.41) is 9.83. The Morgan fingerprint density at radius 2 is 0.356 bits per heavy atom. The summed E-state index contributed by atoms with van der Waals surface area (Å²) in [7, 11) is 0. The highest BCUT2D eigenvalue weighted by Gasteiger charge is 2.33. The largest absolute Gasteiger partial charge is 0.306 e. The van der Waals surface area contributed by atoms with Crippen molar-refractivity contribution in [3.05, 3.63) is 364 Å². The second-order valence-corrected chi connectivity index (χ2v) is 28.5. The zero-order chi connectivity index (χ0) is 67.8. The van der Waals surface area contributed by atoms with E-state index in [1.165, 1.54) is 232 Å². The third kappa shape index (κ3) is 8.16. The summed E-state index contributed by atoms with van der Waals surface area (Å²) in [6, 6.07) is 138. The highest BCUT2D eigenvalue weighted by molar-refractivity contribution is 6.36. The zero-order valence-corrected chi connectivity index (χ0v) is 56.5. The van der Waals surface area contributed by atoms with Crippen LogP contribution in [0.2, 0.25) is 0 Å². The molecule has 0 bridgehead atoms. The Bertz CT molecular complexity index is 6620. The number of hydrogen-bond donors (Lipinski definition) is 0. The lowest BCUT2D eigenvalue weighted by molar-refractivity contribution is 1.33. The Kier molecular flexibility index (Phi) is 12.0. The SMILES string of the molecule is c1ccc(-c2cc(-c3ccccc3)cc(-c3cc4c5ccc6c7cc(-c8cc(-c9ccccc9)cc(-c9ccccc9)c8)cc8c9c%10c(ccc9n(c78)c6c5n5c6ccc7c(c6c(c3)c45)-c3ccccc3-c3ccccc3-c3ccccc3-7)-c3ccccc3-c3ccccc3-c3ccccc3-%10)c2)cc1. The first kappa shape index (κ1) is 57.1. The van der Waals surface area contributed by atoms with Gasteiger partial charge in [-0.15, -0.1) is 0 Å². The molecule has 21 aromatic rings. The van der Waals surface area contributed by atoms with Gasteiger partial charge in [0.2, 0.25) is 0 Å². The average molecular weight is 1310 g/mol. The first-order chi connectivity index (χ1) is 51.6. The molecule has 0 atom stereocenters. The van der Waals surface area contributed by atoms with Crippen molar-refractivity contribution in [3.63, 3.8) is 0 Å². The molecule has 2 heteroatoms. The van der Waals surface area contributed by atoms with E-state index in [9.17, 15) is 0 Å². The molecular formula is C102H60N2. The summed E-state index contributed by atoms with van der Waals surface area (Å²) in [5.41, 5.74) is 41.1. The second kappa shape index (κ2) is 21.9. The van der Waals surface area contributed by atoms with Gasteiger partial charge in [-0.1, -0.05) is 291 Å². The maximum atomic E-state index is 2.70. The predicted octanol–water partition coefficient (Wildman–Crippen LogP) is 28.0. The van der Waals surface area contributed by atoms with Gasteiger partial charge in [0.05, 0.1) is 33.1 Å². The molecule has 17 aromatic carbocycles. The van der Waals surface area contributed by atoms with Crippen LogP contribution in [-0.4, -0.2) is 8.80 Å². The number of hydrogen-bond acceptors (Lipinski definition) is 0. The Hall–Kier alpha value is -13.7. The Morgan fingerprint density at radius 3 is 0.644 bits per heavy atom. The number of rotatable bonds is 6. The summed E-state index contributed by atoms with van der Waals surface area (Å²) in [4.78, 5) is 0. The fraction of sp³-hybridized carbons (Fsp3) is 0. The molecule has 0 unspecified atom stereocenters. The molecule has 2 aliphatic carbocycles. The van der Waals surface area contributed by atoms with Gasteiger partial charge in [0.25, 0.3) is 0 Å². The summed E-state index contributed by atoms with van der Waals surface area (Å²) in [6.07, 6.45) is 0. The van der Waals surface area contributed by atoms with Crippen LogP contribution in [0.5, 0.6) is 0 Å².